The fourth-order valence-electron chi connectivity index (χ4n) is 1.24. The van der Waals surface area contributed by atoms with E-state index in [2.05, 4.69) is 14.0 Å². The standard InChI is InChI=1S/C7H16FN2/c1-3-10(2)6-4-9(8)5-7-10/h3-7H2,1-2H3/q+1. The quantitative estimate of drug-likeness (QED) is 0.389. The summed E-state index contributed by atoms with van der Waals surface area (Å²) in [4.78, 5) is 0. The van der Waals surface area contributed by atoms with Gasteiger partial charge in [-0.3, -0.25) is 0 Å². The van der Waals surface area contributed by atoms with Crippen LogP contribution in [0, 0.1) is 0 Å². The topological polar surface area (TPSA) is 3.24 Å². The lowest BCUT2D eigenvalue weighted by Gasteiger charge is -2.38. The molecule has 0 amide bonds. The van der Waals surface area contributed by atoms with E-state index in [-0.39, 0.29) is 0 Å². The Morgan fingerprint density at radius 1 is 1.40 bits per heavy atom. The molecule has 0 unspecified atom stereocenters. The summed E-state index contributed by atoms with van der Waals surface area (Å²) in [6.07, 6.45) is 0. The Bertz CT molecular complexity index is 108. The van der Waals surface area contributed by atoms with Gasteiger partial charge < -0.3 is 4.48 Å². The molecule has 1 aliphatic rings. The molecular weight excluding hydrogens is 131 g/mol. The average Bonchev–Trinajstić information content (AvgIpc) is 1.96. The SMILES string of the molecule is CC[N+]1(C)CCN(F)CC1. The molecule has 1 saturated heterocycles. The summed E-state index contributed by atoms with van der Waals surface area (Å²) in [5.41, 5.74) is 0. The average molecular weight is 147 g/mol. The summed E-state index contributed by atoms with van der Waals surface area (Å²) in [7, 11) is 2.19. The highest BCUT2D eigenvalue weighted by Crippen LogP contribution is 2.08. The molecule has 0 saturated carbocycles. The molecule has 0 aromatic heterocycles. The fraction of sp³-hybridized carbons (Fsp3) is 1.00. The number of hydrogen-bond donors (Lipinski definition) is 0. The van der Waals surface area contributed by atoms with E-state index in [1.807, 2.05) is 0 Å². The Morgan fingerprint density at radius 2 is 1.90 bits per heavy atom. The molecule has 10 heavy (non-hydrogen) atoms. The van der Waals surface area contributed by atoms with Gasteiger partial charge in [-0.25, -0.2) is 0 Å². The lowest BCUT2D eigenvalue weighted by Crippen LogP contribution is -2.55. The van der Waals surface area contributed by atoms with Crippen molar-refractivity contribution in [2.75, 3.05) is 39.8 Å². The van der Waals surface area contributed by atoms with Crippen LogP contribution in [-0.4, -0.2) is 49.4 Å². The van der Waals surface area contributed by atoms with Gasteiger partial charge in [0, 0.05) is 0 Å². The maximum absolute atomic E-state index is 12.5. The summed E-state index contributed by atoms with van der Waals surface area (Å²) in [5, 5.41) is 0.912. The third kappa shape index (κ3) is 1.67. The van der Waals surface area contributed by atoms with Crippen LogP contribution >= 0.6 is 0 Å². The number of halogens is 1. The Hall–Kier alpha value is -0.150. The number of rotatable bonds is 1. The van der Waals surface area contributed by atoms with Gasteiger partial charge in [-0.2, -0.15) is 0 Å². The zero-order valence-electron chi connectivity index (χ0n) is 6.81. The first-order valence-corrected chi connectivity index (χ1v) is 3.90. The van der Waals surface area contributed by atoms with Crippen molar-refractivity contribution in [3.63, 3.8) is 0 Å². The van der Waals surface area contributed by atoms with Gasteiger partial charge >= 0.3 is 0 Å². The molecule has 2 nitrogen and oxygen atoms in total. The zero-order chi connectivity index (χ0) is 7.61. The molecule has 0 aliphatic carbocycles. The van der Waals surface area contributed by atoms with Crippen LogP contribution in [0.2, 0.25) is 0 Å². The molecule has 0 radical (unpaired) electrons. The van der Waals surface area contributed by atoms with Crippen molar-refractivity contribution < 1.29 is 8.96 Å². The van der Waals surface area contributed by atoms with Crippen molar-refractivity contribution in [1.29, 1.82) is 0 Å². The molecule has 0 aromatic carbocycles. The van der Waals surface area contributed by atoms with Crippen LogP contribution in [0.15, 0.2) is 0 Å². The van der Waals surface area contributed by atoms with Gasteiger partial charge in [-0.1, -0.05) is 0 Å². The van der Waals surface area contributed by atoms with E-state index in [0.717, 1.165) is 29.2 Å². The lowest BCUT2D eigenvalue weighted by atomic mass is 10.3. The van der Waals surface area contributed by atoms with E-state index in [9.17, 15) is 4.48 Å². The first-order valence-electron chi connectivity index (χ1n) is 3.90. The number of hydrogen-bond acceptors (Lipinski definition) is 1. The van der Waals surface area contributed by atoms with E-state index in [1.165, 1.54) is 0 Å². The van der Waals surface area contributed by atoms with Gasteiger partial charge in [0.25, 0.3) is 0 Å². The van der Waals surface area contributed by atoms with E-state index < -0.39 is 0 Å². The van der Waals surface area contributed by atoms with Crippen LogP contribution in [0.25, 0.3) is 0 Å². The highest BCUT2D eigenvalue weighted by molar-refractivity contribution is 4.52. The molecule has 60 valence electrons. The molecule has 3 heteroatoms. The maximum Gasteiger partial charge on any atom is 0.0940 e. The highest BCUT2D eigenvalue weighted by Gasteiger charge is 2.26. The molecule has 1 heterocycles. The minimum absolute atomic E-state index is 0.602. The van der Waals surface area contributed by atoms with Gasteiger partial charge in [0.2, 0.25) is 0 Å². The van der Waals surface area contributed by atoms with Crippen LogP contribution in [0.5, 0.6) is 0 Å². The van der Waals surface area contributed by atoms with Crippen molar-refractivity contribution in [3.05, 3.63) is 0 Å². The Balaban J connectivity index is 2.38. The lowest BCUT2D eigenvalue weighted by molar-refractivity contribution is -0.913. The normalized spacial score (nSPS) is 26.7. The van der Waals surface area contributed by atoms with Crippen LogP contribution in [-0.2, 0) is 0 Å². The summed E-state index contributed by atoms with van der Waals surface area (Å²) in [5.74, 6) is 0. The Labute approximate surface area is 61.8 Å². The minimum atomic E-state index is 0.602. The molecular formula is C7H16FN2+. The molecule has 0 bridgehead atoms. The molecule has 1 aliphatic heterocycles. The van der Waals surface area contributed by atoms with Crippen molar-refractivity contribution in [2.24, 2.45) is 0 Å². The number of nitrogens with zero attached hydrogens (tertiary/aromatic N) is 2. The third-order valence-electron chi connectivity index (χ3n) is 2.53. The Kier molecular flexibility index (Phi) is 2.26. The molecule has 0 aromatic rings. The van der Waals surface area contributed by atoms with Gasteiger partial charge in [-0.15, -0.1) is 9.60 Å². The fourth-order valence-corrected chi connectivity index (χ4v) is 1.24. The zero-order valence-corrected chi connectivity index (χ0v) is 6.81. The van der Waals surface area contributed by atoms with Crippen molar-refractivity contribution in [3.8, 4) is 0 Å². The van der Waals surface area contributed by atoms with Crippen LogP contribution < -0.4 is 0 Å². The highest BCUT2D eigenvalue weighted by atomic mass is 19.2. The van der Waals surface area contributed by atoms with Gasteiger partial charge in [-0.05, 0) is 6.92 Å². The van der Waals surface area contributed by atoms with Crippen molar-refractivity contribution >= 4 is 0 Å². The van der Waals surface area contributed by atoms with Crippen LogP contribution in [0.1, 0.15) is 6.92 Å². The predicted octanol–water partition coefficient (Wildman–Crippen LogP) is 0.653. The number of likely N-dealkylation sites (N-methyl/N-ethyl adjacent to an activating group) is 1. The smallest absolute Gasteiger partial charge is 0.0940 e. The second-order valence-corrected chi connectivity index (χ2v) is 3.29. The molecule has 0 spiro atoms. The van der Waals surface area contributed by atoms with Gasteiger partial charge in [0.15, 0.2) is 0 Å². The van der Waals surface area contributed by atoms with Gasteiger partial charge in [0.05, 0.1) is 39.8 Å². The van der Waals surface area contributed by atoms with Crippen LogP contribution in [0.4, 0.5) is 4.48 Å². The van der Waals surface area contributed by atoms with Crippen molar-refractivity contribution in [2.45, 2.75) is 6.92 Å². The molecule has 1 fully saturated rings. The summed E-state index contributed by atoms with van der Waals surface area (Å²) < 4.78 is 13.5. The van der Waals surface area contributed by atoms with Gasteiger partial charge in [0.1, 0.15) is 0 Å². The second-order valence-electron chi connectivity index (χ2n) is 3.29. The van der Waals surface area contributed by atoms with Crippen LogP contribution in [0.3, 0.4) is 0 Å². The predicted molar refractivity (Wildman–Crippen MR) is 39.1 cm³/mol. The molecule has 0 atom stereocenters. The minimum Gasteiger partial charge on any atom is -0.324 e. The summed E-state index contributed by atoms with van der Waals surface area (Å²) in [6, 6.07) is 0. The van der Waals surface area contributed by atoms with E-state index >= 15 is 0 Å². The Morgan fingerprint density at radius 3 is 2.30 bits per heavy atom. The third-order valence-corrected chi connectivity index (χ3v) is 2.53. The first-order chi connectivity index (χ1) is 4.66. The number of piperazine rings is 1. The van der Waals surface area contributed by atoms with Crippen molar-refractivity contribution in [1.82, 2.24) is 5.12 Å². The monoisotopic (exact) mass is 147 g/mol. The van der Waals surface area contributed by atoms with E-state index in [4.69, 9.17) is 0 Å². The molecule has 0 N–H and O–H groups in total. The summed E-state index contributed by atoms with van der Waals surface area (Å²) >= 11 is 0. The maximum atomic E-state index is 12.5. The first kappa shape index (κ1) is 7.95. The van der Waals surface area contributed by atoms with E-state index in [1.54, 1.807) is 0 Å². The summed E-state index contributed by atoms with van der Waals surface area (Å²) in [6.45, 7) is 6.39. The molecule has 1 rings (SSSR count). The largest absolute Gasteiger partial charge is 0.324 e. The number of quaternary nitrogens is 1. The second kappa shape index (κ2) is 2.84. The van der Waals surface area contributed by atoms with E-state index in [0.29, 0.717) is 13.1 Å².